The van der Waals surface area contributed by atoms with Crippen LogP contribution in [0.5, 0.6) is 0 Å². The molecule has 78 valence electrons. The zero-order valence-electron chi connectivity index (χ0n) is 8.03. The second kappa shape index (κ2) is 8.01. The number of ether oxygens (including phenoxy) is 1. The molecule has 2 N–H and O–H groups in total. The maximum absolute atomic E-state index is 10.1. The first kappa shape index (κ1) is 12.4. The monoisotopic (exact) mass is 190 g/mol. The third-order valence-electron chi connectivity index (χ3n) is 1.64. The zero-order valence-corrected chi connectivity index (χ0v) is 8.03. The molecule has 0 aliphatic heterocycles. The van der Waals surface area contributed by atoms with E-state index in [9.17, 15) is 9.90 Å². The molecule has 0 amide bonds. The van der Waals surface area contributed by atoms with Gasteiger partial charge in [-0.3, -0.25) is 4.79 Å². The molecular weight excluding hydrogens is 172 g/mol. The van der Waals surface area contributed by atoms with Crippen LogP contribution in [-0.2, 0) is 9.53 Å². The van der Waals surface area contributed by atoms with Gasteiger partial charge in [-0.2, -0.15) is 0 Å². The Morgan fingerprint density at radius 3 is 2.77 bits per heavy atom. The van der Waals surface area contributed by atoms with Gasteiger partial charge in [-0.25, -0.2) is 0 Å². The van der Waals surface area contributed by atoms with Crippen molar-refractivity contribution in [3.63, 3.8) is 0 Å². The predicted octanol–water partition coefficient (Wildman–Crippen LogP) is 1.03. The van der Waals surface area contributed by atoms with E-state index in [0.29, 0.717) is 6.61 Å². The molecule has 1 atom stereocenters. The summed E-state index contributed by atoms with van der Waals surface area (Å²) in [7, 11) is 0. The van der Waals surface area contributed by atoms with Crippen molar-refractivity contribution in [3.8, 4) is 0 Å². The average Bonchev–Trinajstić information content (AvgIpc) is 2.09. The van der Waals surface area contributed by atoms with Crippen LogP contribution in [0.4, 0.5) is 0 Å². The summed E-state index contributed by atoms with van der Waals surface area (Å²) >= 11 is 0. The van der Waals surface area contributed by atoms with Gasteiger partial charge in [0.15, 0.2) is 0 Å². The molecule has 4 nitrogen and oxygen atoms in total. The van der Waals surface area contributed by atoms with Crippen molar-refractivity contribution in [2.45, 2.75) is 38.7 Å². The summed E-state index contributed by atoms with van der Waals surface area (Å²) in [6.45, 7) is 2.94. The van der Waals surface area contributed by atoms with Gasteiger partial charge in [0.1, 0.15) is 0 Å². The fraction of sp³-hybridized carbons (Fsp3) is 0.889. The first-order valence-corrected chi connectivity index (χ1v) is 4.64. The van der Waals surface area contributed by atoms with Gasteiger partial charge in [-0.05, 0) is 12.8 Å². The third kappa shape index (κ3) is 9.30. The maximum Gasteiger partial charge on any atom is 0.303 e. The predicted molar refractivity (Wildman–Crippen MR) is 48.6 cm³/mol. The van der Waals surface area contributed by atoms with E-state index in [0.717, 1.165) is 12.8 Å². The summed E-state index contributed by atoms with van der Waals surface area (Å²) in [5.74, 6) is -0.882. The molecule has 0 rings (SSSR count). The summed E-state index contributed by atoms with van der Waals surface area (Å²) < 4.78 is 5.13. The number of carbonyl (C=O) groups is 1. The number of unbranched alkanes of at least 4 members (excludes halogenated alkanes) is 1. The fourth-order valence-electron chi connectivity index (χ4n) is 0.839. The van der Waals surface area contributed by atoms with E-state index in [4.69, 9.17) is 9.84 Å². The molecule has 4 heteroatoms. The summed E-state index contributed by atoms with van der Waals surface area (Å²) in [5.41, 5.74) is 0. The molecule has 0 aliphatic carbocycles. The molecule has 1 unspecified atom stereocenters. The number of hydrogen-bond acceptors (Lipinski definition) is 3. The molecular formula is C9H18O4. The lowest BCUT2D eigenvalue weighted by Gasteiger charge is -2.09. The largest absolute Gasteiger partial charge is 0.481 e. The molecule has 0 aromatic heterocycles. The van der Waals surface area contributed by atoms with Crippen LogP contribution < -0.4 is 0 Å². The second-order valence-corrected chi connectivity index (χ2v) is 3.01. The minimum absolute atomic E-state index is 0.00168. The number of aliphatic hydroxyl groups excluding tert-OH is 1. The van der Waals surface area contributed by atoms with Crippen molar-refractivity contribution in [2.24, 2.45) is 0 Å². The number of rotatable bonds is 8. The lowest BCUT2D eigenvalue weighted by Crippen LogP contribution is -2.17. The van der Waals surface area contributed by atoms with Gasteiger partial charge in [0.05, 0.1) is 12.7 Å². The highest BCUT2D eigenvalue weighted by atomic mass is 16.5. The molecule has 0 saturated heterocycles. The Morgan fingerprint density at radius 2 is 2.23 bits per heavy atom. The highest BCUT2D eigenvalue weighted by molar-refractivity contribution is 5.66. The number of aliphatic hydroxyl groups is 1. The van der Waals surface area contributed by atoms with Gasteiger partial charge in [0, 0.05) is 13.0 Å². The highest BCUT2D eigenvalue weighted by Gasteiger charge is 2.06. The third-order valence-corrected chi connectivity index (χ3v) is 1.64. The minimum atomic E-state index is -0.882. The maximum atomic E-state index is 10.1. The topological polar surface area (TPSA) is 66.8 Å². The van der Waals surface area contributed by atoms with Gasteiger partial charge in [0.25, 0.3) is 0 Å². The Kier molecular flexibility index (Phi) is 7.63. The summed E-state index contributed by atoms with van der Waals surface area (Å²) in [6.07, 6.45) is 1.66. The van der Waals surface area contributed by atoms with Gasteiger partial charge in [-0.15, -0.1) is 0 Å². The fourth-order valence-corrected chi connectivity index (χ4v) is 0.839. The number of aliphatic carboxylic acids is 1. The molecule has 13 heavy (non-hydrogen) atoms. The zero-order chi connectivity index (χ0) is 10.1. The van der Waals surface area contributed by atoms with Gasteiger partial charge in [0.2, 0.25) is 0 Å². The molecule has 0 aromatic carbocycles. The van der Waals surface area contributed by atoms with Crippen molar-refractivity contribution >= 4 is 5.97 Å². The van der Waals surface area contributed by atoms with Gasteiger partial charge >= 0.3 is 5.97 Å². The quantitative estimate of drug-likeness (QED) is 0.561. The molecule has 0 fully saturated rings. The Labute approximate surface area is 78.5 Å². The number of carboxylic acids is 1. The van der Waals surface area contributed by atoms with Crippen LogP contribution in [0.25, 0.3) is 0 Å². The van der Waals surface area contributed by atoms with Crippen LogP contribution in [-0.4, -0.2) is 35.5 Å². The summed E-state index contributed by atoms with van der Waals surface area (Å²) in [4.78, 5) is 10.1. The average molecular weight is 190 g/mol. The molecule has 0 radical (unpaired) electrons. The van der Waals surface area contributed by atoms with E-state index < -0.39 is 12.1 Å². The first-order valence-electron chi connectivity index (χ1n) is 4.64. The van der Waals surface area contributed by atoms with Crippen molar-refractivity contribution in [1.29, 1.82) is 0 Å². The number of carboxylic acid groups (broad SMARTS) is 1. The lowest BCUT2D eigenvalue weighted by molar-refractivity contribution is -0.137. The number of hydrogen-bond donors (Lipinski definition) is 2. The van der Waals surface area contributed by atoms with Gasteiger partial charge < -0.3 is 14.9 Å². The molecule has 0 heterocycles. The van der Waals surface area contributed by atoms with E-state index in [-0.39, 0.29) is 19.4 Å². The summed E-state index contributed by atoms with van der Waals surface area (Å²) in [5, 5.41) is 17.5. The van der Waals surface area contributed by atoms with Crippen LogP contribution in [0.3, 0.4) is 0 Å². The first-order chi connectivity index (χ1) is 6.16. The molecule has 0 saturated carbocycles. The summed E-state index contributed by atoms with van der Waals surface area (Å²) in [6, 6.07) is 0. The van der Waals surface area contributed by atoms with Crippen LogP contribution >= 0.6 is 0 Å². The Bertz CT molecular complexity index is 136. The molecule has 0 bridgehead atoms. The minimum Gasteiger partial charge on any atom is -0.481 e. The molecule has 0 aromatic rings. The van der Waals surface area contributed by atoms with Crippen LogP contribution in [0.1, 0.15) is 32.6 Å². The Morgan fingerprint density at radius 1 is 1.54 bits per heavy atom. The van der Waals surface area contributed by atoms with Gasteiger partial charge in [-0.1, -0.05) is 13.3 Å². The standard InChI is InChI=1S/C9H18O4/c1-2-3-6-13-7-8(10)4-5-9(11)12/h8,10H,2-7H2,1H3,(H,11,12). The van der Waals surface area contributed by atoms with Crippen molar-refractivity contribution in [1.82, 2.24) is 0 Å². The molecule has 0 aliphatic rings. The Balaban J connectivity index is 3.19. The second-order valence-electron chi connectivity index (χ2n) is 3.01. The van der Waals surface area contributed by atoms with Crippen LogP contribution in [0, 0.1) is 0 Å². The van der Waals surface area contributed by atoms with E-state index in [1.54, 1.807) is 0 Å². The molecule has 0 spiro atoms. The van der Waals surface area contributed by atoms with E-state index >= 15 is 0 Å². The van der Waals surface area contributed by atoms with Crippen molar-refractivity contribution < 1.29 is 19.7 Å². The normalized spacial score (nSPS) is 12.8. The van der Waals surface area contributed by atoms with Crippen molar-refractivity contribution in [2.75, 3.05) is 13.2 Å². The lowest BCUT2D eigenvalue weighted by atomic mass is 10.2. The van der Waals surface area contributed by atoms with E-state index in [1.165, 1.54) is 0 Å². The van der Waals surface area contributed by atoms with Crippen molar-refractivity contribution in [3.05, 3.63) is 0 Å². The highest BCUT2D eigenvalue weighted by Crippen LogP contribution is 1.98. The van der Waals surface area contributed by atoms with E-state index in [1.807, 2.05) is 0 Å². The Hall–Kier alpha value is -0.610. The van der Waals surface area contributed by atoms with E-state index in [2.05, 4.69) is 6.92 Å². The van der Waals surface area contributed by atoms with Crippen LogP contribution in [0.2, 0.25) is 0 Å². The SMILES string of the molecule is CCCCOCC(O)CCC(=O)O. The smallest absolute Gasteiger partial charge is 0.303 e. The van der Waals surface area contributed by atoms with Crippen LogP contribution in [0.15, 0.2) is 0 Å².